The molecule has 0 bridgehead atoms. The van der Waals surface area contributed by atoms with Crippen LogP contribution in [0.15, 0.2) is 28.8 Å². The van der Waals surface area contributed by atoms with Gasteiger partial charge in [-0.3, -0.25) is 9.59 Å². The molecule has 144 valence electrons. The molecule has 0 aliphatic carbocycles. The van der Waals surface area contributed by atoms with Crippen LogP contribution >= 0.6 is 0 Å². The summed E-state index contributed by atoms with van der Waals surface area (Å²) in [7, 11) is 0. The third-order valence-electron chi connectivity index (χ3n) is 4.48. The van der Waals surface area contributed by atoms with Crippen molar-refractivity contribution < 1.29 is 23.2 Å². The molecule has 27 heavy (non-hydrogen) atoms. The quantitative estimate of drug-likeness (QED) is 0.722. The fourth-order valence-corrected chi connectivity index (χ4v) is 3.00. The normalized spacial score (nSPS) is 17.0. The van der Waals surface area contributed by atoms with Gasteiger partial charge in [-0.2, -0.15) is 4.98 Å². The molecule has 1 atom stereocenters. The summed E-state index contributed by atoms with van der Waals surface area (Å²) >= 11 is 0. The molecule has 8 heteroatoms. The summed E-state index contributed by atoms with van der Waals surface area (Å²) in [6, 6.07) is 5.71. The van der Waals surface area contributed by atoms with Crippen molar-refractivity contribution in [3.05, 3.63) is 36.0 Å². The molecule has 0 spiro atoms. The largest absolute Gasteiger partial charge is 0.456 e. The highest BCUT2D eigenvalue weighted by atomic mass is 19.1. The minimum absolute atomic E-state index is 0.0364. The van der Waals surface area contributed by atoms with Crippen LogP contribution in [0.4, 0.5) is 4.39 Å². The molecule has 1 aliphatic rings. The van der Waals surface area contributed by atoms with Crippen LogP contribution in [0.2, 0.25) is 0 Å². The van der Waals surface area contributed by atoms with E-state index in [9.17, 15) is 14.0 Å². The zero-order valence-corrected chi connectivity index (χ0v) is 15.2. The van der Waals surface area contributed by atoms with Crippen molar-refractivity contribution in [2.24, 2.45) is 5.92 Å². The van der Waals surface area contributed by atoms with Gasteiger partial charge in [-0.1, -0.05) is 12.1 Å². The predicted octanol–water partition coefficient (Wildman–Crippen LogP) is 2.61. The molecule has 0 radical (unpaired) electrons. The molecule has 2 heterocycles. The Bertz CT molecular complexity index is 791. The number of halogens is 1. The number of carbonyl (C=O) groups is 2. The Balaban J connectivity index is 1.43. The van der Waals surface area contributed by atoms with Crippen LogP contribution in [0.3, 0.4) is 0 Å². The molecular formula is C19H22FN3O4. The molecule has 7 nitrogen and oxygen atoms in total. The summed E-state index contributed by atoms with van der Waals surface area (Å²) in [4.78, 5) is 29.9. The van der Waals surface area contributed by atoms with E-state index in [0.717, 1.165) is 19.4 Å². The van der Waals surface area contributed by atoms with E-state index < -0.39 is 5.97 Å². The van der Waals surface area contributed by atoms with E-state index in [4.69, 9.17) is 9.26 Å². The van der Waals surface area contributed by atoms with Crippen LogP contribution < -0.4 is 0 Å². The maximum absolute atomic E-state index is 12.9. The second kappa shape index (κ2) is 8.75. The summed E-state index contributed by atoms with van der Waals surface area (Å²) in [5.74, 6) is 0.0847. The van der Waals surface area contributed by atoms with E-state index >= 15 is 0 Å². The van der Waals surface area contributed by atoms with Crippen LogP contribution in [-0.4, -0.2) is 46.6 Å². The van der Waals surface area contributed by atoms with E-state index in [1.54, 1.807) is 17.0 Å². The van der Waals surface area contributed by atoms with Gasteiger partial charge in [-0.05, 0) is 43.0 Å². The Hall–Kier alpha value is -2.77. The lowest BCUT2D eigenvalue weighted by Crippen LogP contribution is -2.41. The lowest BCUT2D eigenvalue weighted by atomic mass is 10.0. The third-order valence-corrected chi connectivity index (χ3v) is 4.48. The molecule has 3 rings (SSSR count). The van der Waals surface area contributed by atoms with Gasteiger partial charge in [0.05, 0.1) is 6.42 Å². The van der Waals surface area contributed by atoms with Crippen LogP contribution in [0.5, 0.6) is 0 Å². The molecule has 0 N–H and O–H groups in total. The van der Waals surface area contributed by atoms with Crippen molar-refractivity contribution in [2.45, 2.75) is 32.6 Å². The fraction of sp³-hybridized carbons (Fsp3) is 0.474. The number of hydrogen-bond acceptors (Lipinski definition) is 6. The highest BCUT2D eigenvalue weighted by Crippen LogP contribution is 2.17. The van der Waals surface area contributed by atoms with Gasteiger partial charge in [0.2, 0.25) is 11.7 Å². The van der Waals surface area contributed by atoms with E-state index in [1.807, 2.05) is 0 Å². The first-order valence-corrected chi connectivity index (χ1v) is 9.03. The van der Waals surface area contributed by atoms with Crippen molar-refractivity contribution in [3.63, 3.8) is 0 Å². The Kier molecular flexibility index (Phi) is 6.16. The Morgan fingerprint density at radius 1 is 1.33 bits per heavy atom. The lowest BCUT2D eigenvalue weighted by Gasteiger charge is -2.30. The van der Waals surface area contributed by atoms with E-state index in [-0.39, 0.29) is 37.1 Å². The standard InChI is InChI=1S/C19H22FN3O4/c1-13-3-2-10-23(11-13)17(24)12-26-18(25)9-8-16-21-19(22-27-16)14-4-6-15(20)7-5-14/h4-7,13H,2-3,8-12H2,1H3. The van der Waals surface area contributed by atoms with Crippen LogP contribution in [0, 0.1) is 11.7 Å². The molecular weight excluding hydrogens is 353 g/mol. The van der Waals surface area contributed by atoms with Gasteiger partial charge >= 0.3 is 5.97 Å². The average Bonchev–Trinajstić information content (AvgIpc) is 3.14. The smallest absolute Gasteiger partial charge is 0.306 e. The van der Waals surface area contributed by atoms with Gasteiger partial charge in [-0.25, -0.2) is 4.39 Å². The van der Waals surface area contributed by atoms with E-state index in [2.05, 4.69) is 17.1 Å². The number of likely N-dealkylation sites (tertiary alicyclic amines) is 1. The van der Waals surface area contributed by atoms with Crippen LogP contribution in [0.25, 0.3) is 11.4 Å². The number of ether oxygens (including phenoxy) is 1. The topological polar surface area (TPSA) is 85.5 Å². The minimum atomic E-state index is -0.491. The predicted molar refractivity (Wildman–Crippen MR) is 94.0 cm³/mol. The van der Waals surface area contributed by atoms with E-state index in [1.165, 1.54) is 12.1 Å². The van der Waals surface area contributed by atoms with Crippen LogP contribution in [-0.2, 0) is 20.7 Å². The number of piperidine rings is 1. The van der Waals surface area contributed by atoms with Gasteiger partial charge in [0.25, 0.3) is 5.91 Å². The van der Waals surface area contributed by atoms with Gasteiger partial charge < -0.3 is 14.2 Å². The van der Waals surface area contributed by atoms with Crippen molar-refractivity contribution in [1.29, 1.82) is 0 Å². The summed E-state index contributed by atoms with van der Waals surface area (Å²) in [5, 5.41) is 3.82. The second-order valence-electron chi connectivity index (χ2n) is 6.77. The number of rotatable bonds is 6. The summed E-state index contributed by atoms with van der Waals surface area (Å²) in [6.07, 6.45) is 2.35. The van der Waals surface area contributed by atoms with Crippen molar-refractivity contribution >= 4 is 11.9 Å². The first-order chi connectivity index (χ1) is 13.0. The van der Waals surface area contributed by atoms with Gasteiger partial charge in [-0.15, -0.1) is 0 Å². The maximum Gasteiger partial charge on any atom is 0.306 e. The number of nitrogens with zero attached hydrogens (tertiary/aromatic N) is 3. The SMILES string of the molecule is CC1CCCN(C(=O)COC(=O)CCc2nc(-c3ccc(F)cc3)no2)C1. The van der Waals surface area contributed by atoms with Crippen LogP contribution in [0.1, 0.15) is 32.1 Å². The van der Waals surface area contributed by atoms with E-state index in [0.29, 0.717) is 23.9 Å². The first kappa shape index (κ1) is 19.0. The average molecular weight is 375 g/mol. The number of esters is 1. The fourth-order valence-electron chi connectivity index (χ4n) is 3.00. The van der Waals surface area contributed by atoms with Gasteiger partial charge in [0.15, 0.2) is 6.61 Å². The maximum atomic E-state index is 12.9. The Morgan fingerprint density at radius 2 is 2.11 bits per heavy atom. The van der Waals surface area contributed by atoms with Crippen molar-refractivity contribution in [2.75, 3.05) is 19.7 Å². The zero-order valence-electron chi connectivity index (χ0n) is 15.2. The molecule has 1 aromatic carbocycles. The molecule has 0 saturated carbocycles. The number of aryl methyl sites for hydroxylation is 1. The molecule has 1 unspecified atom stereocenters. The Morgan fingerprint density at radius 3 is 2.85 bits per heavy atom. The zero-order chi connectivity index (χ0) is 19.2. The van der Waals surface area contributed by atoms with Crippen molar-refractivity contribution in [1.82, 2.24) is 15.0 Å². The second-order valence-corrected chi connectivity index (χ2v) is 6.77. The number of amides is 1. The monoisotopic (exact) mass is 375 g/mol. The number of aromatic nitrogens is 2. The lowest BCUT2D eigenvalue weighted by molar-refractivity contribution is -0.152. The highest BCUT2D eigenvalue weighted by Gasteiger charge is 2.22. The third kappa shape index (κ3) is 5.35. The van der Waals surface area contributed by atoms with Gasteiger partial charge in [0, 0.05) is 25.1 Å². The number of benzene rings is 1. The van der Waals surface area contributed by atoms with Gasteiger partial charge in [0.1, 0.15) is 5.82 Å². The Labute approximate surface area is 156 Å². The molecule has 1 saturated heterocycles. The minimum Gasteiger partial charge on any atom is -0.456 e. The molecule has 1 aromatic heterocycles. The molecule has 1 amide bonds. The summed E-state index contributed by atoms with van der Waals surface area (Å²) in [5.41, 5.74) is 0.621. The summed E-state index contributed by atoms with van der Waals surface area (Å²) in [6.45, 7) is 3.30. The molecule has 1 fully saturated rings. The number of hydrogen-bond donors (Lipinski definition) is 0. The van der Waals surface area contributed by atoms with Crippen molar-refractivity contribution in [3.8, 4) is 11.4 Å². The molecule has 2 aromatic rings. The summed E-state index contributed by atoms with van der Waals surface area (Å²) < 4.78 is 23.1. The first-order valence-electron chi connectivity index (χ1n) is 9.03. The number of carbonyl (C=O) groups excluding carboxylic acids is 2. The highest BCUT2D eigenvalue weighted by molar-refractivity contribution is 5.80. The molecule has 1 aliphatic heterocycles.